The fourth-order valence-corrected chi connectivity index (χ4v) is 2.93. The number of imidazole rings is 1. The molecule has 1 N–H and O–H groups in total. The summed E-state index contributed by atoms with van der Waals surface area (Å²) in [5, 5.41) is 9.75. The lowest BCUT2D eigenvalue weighted by atomic mass is 10.1. The Hall–Kier alpha value is -2.48. The second-order valence-electron chi connectivity index (χ2n) is 5.93. The molecule has 2 heterocycles. The molecule has 1 aliphatic heterocycles. The third kappa shape index (κ3) is 2.84. The highest BCUT2D eigenvalue weighted by Crippen LogP contribution is 2.27. The van der Waals surface area contributed by atoms with Crippen LogP contribution in [0, 0.1) is 11.6 Å². The van der Waals surface area contributed by atoms with Crippen LogP contribution in [0.25, 0.3) is 0 Å². The molecule has 0 aliphatic carbocycles. The Kier molecular flexibility index (Phi) is 4.23. The van der Waals surface area contributed by atoms with E-state index in [1.807, 2.05) is 24.9 Å². The highest BCUT2D eigenvalue weighted by Gasteiger charge is 2.32. The third-order valence-electron chi connectivity index (χ3n) is 4.35. The van der Waals surface area contributed by atoms with Gasteiger partial charge < -0.3 is 14.6 Å². The topological polar surface area (TPSA) is 61.6 Å². The van der Waals surface area contributed by atoms with Gasteiger partial charge in [-0.2, -0.15) is 0 Å². The van der Waals surface area contributed by atoms with E-state index in [4.69, 9.17) is 0 Å². The minimum atomic E-state index is -1.15. The molecule has 0 spiro atoms. The number of phenolic OH excluding ortho intramolecular Hbond substituents is 1. The van der Waals surface area contributed by atoms with Gasteiger partial charge in [-0.25, -0.2) is 13.8 Å². The number of aromatic nitrogens is 2. The van der Waals surface area contributed by atoms with Crippen LogP contribution >= 0.6 is 0 Å². The number of halogens is 2. The summed E-state index contributed by atoms with van der Waals surface area (Å²) in [5.74, 6) is -2.67. The third-order valence-corrected chi connectivity index (χ3v) is 4.35. The average molecular weight is 336 g/mol. The van der Waals surface area contributed by atoms with Crippen LogP contribution in [0.5, 0.6) is 5.75 Å². The molecule has 1 aromatic heterocycles. The maximum absolute atomic E-state index is 13.5. The Labute approximate surface area is 137 Å². The van der Waals surface area contributed by atoms with Gasteiger partial charge in [0.05, 0.1) is 11.6 Å². The van der Waals surface area contributed by atoms with Gasteiger partial charge in [-0.05, 0) is 13.1 Å². The molecule has 24 heavy (non-hydrogen) atoms. The van der Waals surface area contributed by atoms with Crippen LogP contribution in [-0.4, -0.2) is 57.0 Å². The van der Waals surface area contributed by atoms with Crippen LogP contribution in [0.2, 0.25) is 0 Å². The van der Waals surface area contributed by atoms with Gasteiger partial charge in [0, 0.05) is 45.1 Å². The number of hydrogen-bond acceptors (Lipinski definition) is 4. The van der Waals surface area contributed by atoms with E-state index in [1.54, 1.807) is 6.20 Å². The van der Waals surface area contributed by atoms with E-state index in [-0.39, 0.29) is 11.6 Å². The lowest BCUT2D eigenvalue weighted by Crippen LogP contribution is -2.49. The first-order valence-electron chi connectivity index (χ1n) is 7.53. The maximum atomic E-state index is 13.5. The summed E-state index contributed by atoms with van der Waals surface area (Å²) in [4.78, 5) is 20.5. The van der Waals surface area contributed by atoms with E-state index in [0.29, 0.717) is 25.7 Å². The van der Waals surface area contributed by atoms with Crippen molar-refractivity contribution in [2.75, 3.05) is 26.7 Å². The zero-order valence-electron chi connectivity index (χ0n) is 13.4. The summed E-state index contributed by atoms with van der Waals surface area (Å²) in [6.45, 7) is 1.30. The van der Waals surface area contributed by atoms with Crippen molar-refractivity contribution in [2.24, 2.45) is 7.05 Å². The van der Waals surface area contributed by atoms with Crippen molar-refractivity contribution in [2.45, 2.75) is 6.04 Å². The van der Waals surface area contributed by atoms with Crippen molar-refractivity contribution in [3.8, 4) is 5.75 Å². The predicted octanol–water partition coefficient (Wildman–Crippen LogP) is 1.53. The smallest absolute Gasteiger partial charge is 0.257 e. The van der Waals surface area contributed by atoms with Crippen molar-refractivity contribution in [1.82, 2.24) is 19.4 Å². The Morgan fingerprint density at radius 3 is 2.71 bits per heavy atom. The number of piperazine rings is 1. The number of likely N-dealkylation sites (N-methyl/N-ethyl adjacent to an activating group) is 1. The minimum Gasteiger partial charge on any atom is -0.504 e. The van der Waals surface area contributed by atoms with E-state index in [2.05, 4.69) is 9.88 Å². The molecule has 128 valence electrons. The van der Waals surface area contributed by atoms with Gasteiger partial charge in [-0.3, -0.25) is 9.69 Å². The molecule has 1 fully saturated rings. The number of benzene rings is 1. The van der Waals surface area contributed by atoms with Crippen LogP contribution in [0.4, 0.5) is 8.78 Å². The molecule has 1 aromatic carbocycles. The largest absolute Gasteiger partial charge is 0.504 e. The van der Waals surface area contributed by atoms with Gasteiger partial charge in [-0.1, -0.05) is 0 Å². The Morgan fingerprint density at radius 1 is 1.29 bits per heavy atom. The monoisotopic (exact) mass is 336 g/mol. The first-order valence-corrected chi connectivity index (χ1v) is 7.53. The molecule has 6 nitrogen and oxygen atoms in total. The number of carbonyl (C=O) groups is 1. The molecule has 3 rings (SSSR count). The van der Waals surface area contributed by atoms with Crippen LogP contribution in [0.1, 0.15) is 22.2 Å². The van der Waals surface area contributed by atoms with Crippen molar-refractivity contribution in [1.29, 1.82) is 0 Å². The number of aromatic hydroxyl groups is 1. The number of nitrogens with zero attached hydrogens (tertiary/aromatic N) is 4. The van der Waals surface area contributed by atoms with E-state index < -0.39 is 23.3 Å². The van der Waals surface area contributed by atoms with Crippen LogP contribution in [0.3, 0.4) is 0 Å². The predicted molar refractivity (Wildman–Crippen MR) is 82.5 cm³/mol. The standard InChI is InChI=1S/C16H18F2N4O2/c1-20-5-6-22(9-13(20)15-19-3-4-21(15)2)16(24)11-7-10(17)8-12(18)14(11)23/h3-4,7-8,13,23H,5-6,9H2,1-2H3. The van der Waals surface area contributed by atoms with E-state index in [9.17, 15) is 18.7 Å². The Bertz CT molecular complexity index is 777. The average Bonchev–Trinajstić information content (AvgIpc) is 2.96. The molecular weight excluding hydrogens is 318 g/mol. The fourth-order valence-electron chi connectivity index (χ4n) is 2.93. The summed E-state index contributed by atoms with van der Waals surface area (Å²) >= 11 is 0. The highest BCUT2D eigenvalue weighted by molar-refractivity contribution is 5.97. The Balaban J connectivity index is 1.88. The van der Waals surface area contributed by atoms with E-state index in [0.717, 1.165) is 11.9 Å². The van der Waals surface area contributed by atoms with Gasteiger partial charge in [-0.15, -0.1) is 0 Å². The molecule has 1 saturated heterocycles. The summed E-state index contributed by atoms with van der Waals surface area (Å²) in [6.07, 6.45) is 3.50. The van der Waals surface area contributed by atoms with Crippen molar-refractivity contribution < 1.29 is 18.7 Å². The highest BCUT2D eigenvalue weighted by atomic mass is 19.1. The second kappa shape index (κ2) is 6.20. The molecule has 0 saturated carbocycles. The van der Waals surface area contributed by atoms with Crippen LogP contribution in [0.15, 0.2) is 24.5 Å². The van der Waals surface area contributed by atoms with Crippen molar-refractivity contribution in [3.63, 3.8) is 0 Å². The summed E-state index contributed by atoms with van der Waals surface area (Å²) in [5.41, 5.74) is -0.365. The van der Waals surface area contributed by atoms with Crippen molar-refractivity contribution in [3.05, 3.63) is 47.5 Å². The molecule has 1 atom stereocenters. The van der Waals surface area contributed by atoms with Gasteiger partial charge in [0.25, 0.3) is 5.91 Å². The number of phenols is 1. The summed E-state index contributed by atoms with van der Waals surface area (Å²) in [7, 11) is 3.80. The second-order valence-corrected chi connectivity index (χ2v) is 5.93. The Morgan fingerprint density at radius 2 is 2.04 bits per heavy atom. The van der Waals surface area contributed by atoms with Gasteiger partial charge in [0.1, 0.15) is 11.6 Å². The molecule has 8 heteroatoms. The van der Waals surface area contributed by atoms with E-state index in [1.165, 1.54) is 4.90 Å². The first kappa shape index (κ1) is 16.4. The molecule has 1 amide bonds. The summed E-state index contributed by atoms with van der Waals surface area (Å²) < 4.78 is 28.8. The lowest BCUT2D eigenvalue weighted by molar-refractivity contribution is 0.0525. The fraction of sp³-hybridized carbons (Fsp3) is 0.375. The normalized spacial score (nSPS) is 18.8. The van der Waals surface area contributed by atoms with Gasteiger partial charge in [0.15, 0.2) is 11.6 Å². The number of carbonyl (C=O) groups excluding carboxylic acids is 1. The van der Waals surface area contributed by atoms with Gasteiger partial charge >= 0.3 is 0 Å². The number of rotatable bonds is 2. The maximum Gasteiger partial charge on any atom is 0.257 e. The SMILES string of the molecule is CN1CCN(C(=O)c2cc(F)cc(F)c2O)CC1c1nccn1C. The zero-order valence-corrected chi connectivity index (χ0v) is 13.4. The quantitative estimate of drug-likeness (QED) is 0.904. The number of aryl methyl sites for hydroxylation is 1. The van der Waals surface area contributed by atoms with Crippen LogP contribution in [-0.2, 0) is 7.05 Å². The lowest BCUT2D eigenvalue weighted by Gasteiger charge is -2.39. The zero-order chi connectivity index (χ0) is 17.4. The van der Waals surface area contributed by atoms with Crippen LogP contribution < -0.4 is 0 Å². The minimum absolute atomic E-state index is 0.136. The number of amides is 1. The number of hydrogen-bond donors (Lipinski definition) is 1. The molecule has 0 bridgehead atoms. The molecule has 2 aromatic rings. The molecule has 0 radical (unpaired) electrons. The van der Waals surface area contributed by atoms with Gasteiger partial charge in [0.2, 0.25) is 0 Å². The molecule has 1 aliphatic rings. The van der Waals surface area contributed by atoms with Crippen molar-refractivity contribution >= 4 is 5.91 Å². The molecular formula is C16H18F2N4O2. The summed E-state index contributed by atoms with van der Waals surface area (Å²) in [6, 6.07) is 1.27. The first-order chi connectivity index (χ1) is 11.4. The van der Waals surface area contributed by atoms with E-state index >= 15 is 0 Å². The molecule has 1 unspecified atom stereocenters.